The first-order chi connectivity index (χ1) is 9.49. The summed E-state index contributed by atoms with van der Waals surface area (Å²) in [5.74, 6) is 0.699. The van der Waals surface area contributed by atoms with Crippen molar-refractivity contribution in [2.75, 3.05) is 18.4 Å². The number of anilines is 1. The molecule has 0 radical (unpaired) electrons. The first-order valence-electron chi connectivity index (χ1n) is 6.85. The van der Waals surface area contributed by atoms with Crippen LogP contribution in [0.5, 0.6) is 0 Å². The van der Waals surface area contributed by atoms with Crippen LogP contribution >= 0.6 is 11.6 Å². The molecule has 0 unspecified atom stereocenters. The molecule has 0 aliphatic heterocycles. The number of aromatic nitrogens is 4. The molecule has 0 fully saturated rings. The molecule has 110 valence electrons. The Hall–Kier alpha value is -1.40. The SMILES string of the molecule is CC(C)N(CCNc1nc(Cl)nc2nc[nH]c12)C(C)C. The van der Waals surface area contributed by atoms with E-state index in [0.29, 0.717) is 23.5 Å². The minimum atomic E-state index is 0.205. The molecule has 0 saturated heterocycles. The van der Waals surface area contributed by atoms with E-state index in [1.807, 2.05) is 0 Å². The molecule has 2 aromatic heterocycles. The molecule has 0 bridgehead atoms. The van der Waals surface area contributed by atoms with Crippen LogP contribution in [-0.4, -0.2) is 50.0 Å². The second-order valence-corrected chi connectivity index (χ2v) is 5.63. The van der Waals surface area contributed by atoms with Gasteiger partial charge in [-0.2, -0.15) is 9.97 Å². The van der Waals surface area contributed by atoms with Gasteiger partial charge in [0.15, 0.2) is 11.5 Å². The fraction of sp³-hybridized carbons (Fsp3) is 0.615. The summed E-state index contributed by atoms with van der Waals surface area (Å²) in [5, 5.41) is 3.51. The zero-order valence-electron chi connectivity index (χ0n) is 12.3. The third-order valence-electron chi connectivity index (χ3n) is 3.25. The summed E-state index contributed by atoms with van der Waals surface area (Å²) in [6.07, 6.45) is 1.59. The summed E-state index contributed by atoms with van der Waals surface area (Å²) < 4.78 is 0. The Morgan fingerprint density at radius 3 is 2.60 bits per heavy atom. The van der Waals surface area contributed by atoms with Gasteiger partial charge >= 0.3 is 0 Å². The first-order valence-corrected chi connectivity index (χ1v) is 7.23. The molecular formula is C13H21ClN6. The highest BCUT2D eigenvalue weighted by Gasteiger charge is 2.13. The minimum Gasteiger partial charge on any atom is -0.367 e. The lowest BCUT2D eigenvalue weighted by Crippen LogP contribution is -2.40. The number of hydrogen-bond acceptors (Lipinski definition) is 5. The smallest absolute Gasteiger partial charge is 0.226 e. The van der Waals surface area contributed by atoms with Gasteiger partial charge in [0, 0.05) is 25.2 Å². The number of nitrogens with zero attached hydrogens (tertiary/aromatic N) is 4. The van der Waals surface area contributed by atoms with Crippen LogP contribution in [0.3, 0.4) is 0 Å². The molecule has 0 saturated carbocycles. The standard InChI is InChI=1S/C13H21ClN6/c1-8(2)20(9(3)4)6-5-15-11-10-12(17-7-16-10)19-13(14)18-11/h7-9H,5-6H2,1-4H3,(H2,15,16,17,18,19). The van der Waals surface area contributed by atoms with Crippen molar-refractivity contribution in [1.29, 1.82) is 0 Å². The molecule has 6 nitrogen and oxygen atoms in total. The lowest BCUT2D eigenvalue weighted by atomic mass is 10.2. The van der Waals surface area contributed by atoms with Gasteiger partial charge in [-0.1, -0.05) is 0 Å². The fourth-order valence-electron chi connectivity index (χ4n) is 2.35. The maximum atomic E-state index is 5.90. The highest BCUT2D eigenvalue weighted by Crippen LogP contribution is 2.18. The Kier molecular flexibility index (Phi) is 4.77. The van der Waals surface area contributed by atoms with E-state index in [1.54, 1.807) is 6.33 Å². The molecule has 2 N–H and O–H groups in total. The molecule has 0 atom stereocenters. The van der Waals surface area contributed by atoms with Crippen LogP contribution < -0.4 is 5.32 Å². The lowest BCUT2D eigenvalue weighted by Gasteiger charge is -2.30. The van der Waals surface area contributed by atoms with E-state index < -0.39 is 0 Å². The van der Waals surface area contributed by atoms with Gasteiger partial charge in [0.05, 0.1) is 6.33 Å². The van der Waals surface area contributed by atoms with Crippen LogP contribution in [0, 0.1) is 0 Å². The van der Waals surface area contributed by atoms with Gasteiger partial charge in [-0.05, 0) is 39.3 Å². The van der Waals surface area contributed by atoms with Gasteiger partial charge in [-0.25, -0.2) is 4.98 Å². The van der Waals surface area contributed by atoms with Gasteiger partial charge in [0.2, 0.25) is 5.28 Å². The summed E-state index contributed by atoms with van der Waals surface area (Å²) in [4.78, 5) is 17.8. The van der Waals surface area contributed by atoms with Crippen LogP contribution in [0.4, 0.5) is 5.82 Å². The molecular weight excluding hydrogens is 276 g/mol. The van der Waals surface area contributed by atoms with E-state index in [4.69, 9.17) is 11.6 Å². The number of H-pyrrole nitrogens is 1. The second kappa shape index (κ2) is 6.37. The van der Waals surface area contributed by atoms with E-state index in [0.717, 1.165) is 18.6 Å². The highest BCUT2D eigenvalue weighted by atomic mass is 35.5. The van der Waals surface area contributed by atoms with Crippen LogP contribution in [0.1, 0.15) is 27.7 Å². The van der Waals surface area contributed by atoms with E-state index in [2.05, 4.69) is 57.8 Å². The van der Waals surface area contributed by atoms with Crippen LogP contribution in [0.2, 0.25) is 5.28 Å². The Bertz CT molecular complexity index is 557. The number of nitrogens with one attached hydrogen (secondary N) is 2. The fourth-order valence-corrected chi connectivity index (χ4v) is 2.52. The number of rotatable bonds is 6. The topological polar surface area (TPSA) is 69.7 Å². The zero-order valence-corrected chi connectivity index (χ0v) is 13.1. The number of hydrogen-bond donors (Lipinski definition) is 2. The third-order valence-corrected chi connectivity index (χ3v) is 3.42. The highest BCUT2D eigenvalue weighted by molar-refractivity contribution is 6.28. The second-order valence-electron chi connectivity index (χ2n) is 5.29. The Labute approximate surface area is 124 Å². The number of fused-ring (bicyclic) bond motifs is 1. The van der Waals surface area contributed by atoms with Crippen molar-refractivity contribution in [2.45, 2.75) is 39.8 Å². The van der Waals surface area contributed by atoms with Crippen molar-refractivity contribution >= 4 is 28.6 Å². The summed E-state index contributed by atoms with van der Waals surface area (Å²) >= 11 is 5.90. The largest absolute Gasteiger partial charge is 0.367 e. The number of imidazole rings is 1. The summed E-state index contributed by atoms with van der Waals surface area (Å²) in [5.41, 5.74) is 1.37. The van der Waals surface area contributed by atoms with Gasteiger partial charge < -0.3 is 10.3 Å². The average Bonchev–Trinajstić information content (AvgIpc) is 2.81. The molecule has 0 aliphatic carbocycles. The van der Waals surface area contributed by atoms with E-state index >= 15 is 0 Å². The van der Waals surface area contributed by atoms with E-state index in [1.165, 1.54) is 0 Å². The zero-order chi connectivity index (χ0) is 14.7. The summed E-state index contributed by atoms with van der Waals surface area (Å²) in [7, 11) is 0. The Balaban J connectivity index is 2.04. The van der Waals surface area contributed by atoms with E-state index in [-0.39, 0.29) is 5.28 Å². The molecule has 0 aliphatic rings. The van der Waals surface area contributed by atoms with Crippen LogP contribution in [-0.2, 0) is 0 Å². The molecule has 0 amide bonds. The molecule has 0 spiro atoms. The van der Waals surface area contributed by atoms with Gasteiger partial charge in [0.1, 0.15) is 5.52 Å². The molecule has 2 rings (SSSR count). The van der Waals surface area contributed by atoms with Crippen molar-refractivity contribution < 1.29 is 0 Å². The number of halogens is 1. The van der Waals surface area contributed by atoms with Gasteiger partial charge in [0.25, 0.3) is 0 Å². The summed E-state index contributed by atoms with van der Waals surface area (Å²) in [6, 6.07) is 1.02. The quantitative estimate of drug-likeness (QED) is 0.802. The molecule has 7 heteroatoms. The molecule has 2 heterocycles. The monoisotopic (exact) mass is 296 g/mol. The number of aromatic amines is 1. The predicted molar refractivity (Wildman–Crippen MR) is 82.2 cm³/mol. The minimum absolute atomic E-state index is 0.205. The predicted octanol–water partition coefficient (Wildman–Crippen LogP) is 2.54. The van der Waals surface area contributed by atoms with Gasteiger partial charge in [-0.15, -0.1) is 0 Å². The average molecular weight is 297 g/mol. The van der Waals surface area contributed by atoms with Crippen molar-refractivity contribution in [1.82, 2.24) is 24.8 Å². The normalized spacial score (nSPS) is 12.0. The summed E-state index contributed by atoms with van der Waals surface area (Å²) in [6.45, 7) is 10.5. The van der Waals surface area contributed by atoms with Crippen LogP contribution in [0.25, 0.3) is 11.2 Å². The Morgan fingerprint density at radius 1 is 1.25 bits per heavy atom. The van der Waals surface area contributed by atoms with Crippen molar-refractivity contribution in [3.8, 4) is 0 Å². The Morgan fingerprint density at radius 2 is 1.95 bits per heavy atom. The maximum Gasteiger partial charge on any atom is 0.226 e. The third kappa shape index (κ3) is 3.37. The van der Waals surface area contributed by atoms with Crippen molar-refractivity contribution in [3.05, 3.63) is 11.6 Å². The molecule has 20 heavy (non-hydrogen) atoms. The van der Waals surface area contributed by atoms with Crippen LogP contribution in [0.15, 0.2) is 6.33 Å². The van der Waals surface area contributed by atoms with E-state index in [9.17, 15) is 0 Å². The molecule has 0 aromatic carbocycles. The maximum absolute atomic E-state index is 5.90. The van der Waals surface area contributed by atoms with Gasteiger partial charge in [-0.3, -0.25) is 4.90 Å². The molecule has 2 aromatic rings. The lowest BCUT2D eigenvalue weighted by molar-refractivity contribution is 0.182. The van der Waals surface area contributed by atoms with Crippen molar-refractivity contribution in [3.63, 3.8) is 0 Å². The van der Waals surface area contributed by atoms with Crippen molar-refractivity contribution in [2.24, 2.45) is 0 Å². The first kappa shape index (κ1) is 15.0.